The fourth-order valence-corrected chi connectivity index (χ4v) is 4.15. The van der Waals surface area contributed by atoms with Crippen LogP contribution in [-0.4, -0.2) is 54.7 Å². The number of nitrogens with zero attached hydrogens (tertiary/aromatic N) is 2. The minimum Gasteiger partial charge on any atom is -0.386 e. The number of rotatable bonds is 5. The number of halogens is 2. The van der Waals surface area contributed by atoms with Crippen LogP contribution in [0.3, 0.4) is 0 Å². The molecule has 0 aromatic carbocycles. The Bertz CT molecular complexity index is 566. The molecule has 8 heteroatoms. The van der Waals surface area contributed by atoms with E-state index in [9.17, 15) is 5.11 Å². The molecule has 1 aliphatic heterocycles. The average Bonchev–Trinajstić information content (AvgIpc) is 3.20. The first-order chi connectivity index (χ1) is 11.1. The molecule has 24 heavy (non-hydrogen) atoms. The van der Waals surface area contributed by atoms with Crippen LogP contribution in [0.2, 0.25) is 4.34 Å². The van der Waals surface area contributed by atoms with Gasteiger partial charge in [-0.25, -0.2) is 0 Å². The molecule has 136 valence electrons. The minimum atomic E-state index is -0.574. The SMILES string of the molecule is CN=C(NCC(O)c1ccc(Cl)s1)NC1CN(C2CC2)CC1C.I. The van der Waals surface area contributed by atoms with Crippen molar-refractivity contribution in [3.8, 4) is 0 Å². The van der Waals surface area contributed by atoms with Crippen molar-refractivity contribution < 1.29 is 5.11 Å². The average molecular weight is 485 g/mol. The molecule has 3 N–H and O–H groups in total. The van der Waals surface area contributed by atoms with Crippen molar-refractivity contribution in [1.29, 1.82) is 0 Å². The molecule has 2 aliphatic rings. The first-order valence-electron chi connectivity index (χ1n) is 8.21. The van der Waals surface area contributed by atoms with Gasteiger partial charge in [0.15, 0.2) is 5.96 Å². The lowest BCUT2D eigenvalue weighted by atomic mass is 10.1. The predicted molar refractivity (Wildman–Crippen MR) is 112 cm³/mol. The molecule has 1 saturated carbocycles. The highest BCUT2D eigenvalue weighted by atomic mass is 127. The van der Waals surface area contributed by atoms with E-state index in [1.165, 1.54) is 24.2 Å². The van der Waals surface area contributed by atoms with E-state index >= 15 is 0 Å². The second-order valence-electron chi connectivity index (χ2n) is 6.52. The Balaban J connectivity index is 0.00000208. The molecule has 0 bridgehead atoms. The Kier molecular flexibility index (Phi) is 7.60. The molecular weight excluding hydrogens is 459 g/mol. The zero-order chi connectivity index (χ0) is 16.4. The van der Waals surface area contributed by atoms with Gasteiger partial charge in [0.1, 0.15) is 6.10 Å². The summed E-state index contributed by atoms with van der Waals surface area (Å²) in [5, 5.41) is 16.9. The summed E-state index contributed by atoms with van der Waals surface area (Å²) in [5.41, 5.74) is 0. The maximum Gasteiger partial charge on any atom is 0.191 e. The topological polar surface area (TPSA) is 59.9 Å². The van der Waals surface area contributed by atoms with Gasteiger partial charge in [-0.2, -0.15) is 0 Å². The van der Waals surface area contributed by atoms with Crippen LogP contribution < -0.4 is 10.6 Å². The second kappa shape index (κ2) is 9.02. The summed E-state index contributed by atoms with van der Waals surface area (Å²) in [6, 6.07) is 4.90. The summed E-state index contributed by atoms with van der Waals surface area (Å²) in [6.07, 6.45) is 2.12. The molecule has 3 atom stereocenters. The van der Waals surface area contributed by atoms with Crippen molar-refractivity contribution in [2.45, 2.75) is 38.0 Å². The summed E-state index contributed by atoms with van der Waals surface area (Å²) < 4.78 is 0.696. The van der Waals surface area contributed by atoms with Crippen molar-refractivity contribution in [2.24, 2.45) is 10.9 Å². The highest BCUT2D eigenvalue weighted by molar-refractivity contribution is 14.0. The van der Waals surface area contributed by atoms with Crippen LogP contribution in [0.5, 0.6) is 0 Å². The predicted octanol–water partition coefficient (Wildman–Crippen LogP) is 2.70. The quantitative estimate of drug-likeness (QED) is 0.342. The van der Waals surface area contributed by atoms with Crippen molar-refractivity contribution >= 4 is 52.9 Å². The molecule has 5 nitrogen and oxygen atoms in total. The fourth-order valence-electron chi connectivity index (χ4n) is 3.10. The first-order valence-corrected chi connectivity index (χ1v) is 9.40. The van der Waals surface area contributed by atoms with Gasteiger partial charge in [-0.05, 0) is 30.9 Å². The van der Waals surface area contributed by atoms with Crippen LogP contribution in [0, 0.1) is 5.92 Å². The van der Waals surface area contributed by atoms with Crippen molar-refractivity contribution in [2.75, 3.05) is 26.7 Å². The maximum absolute atomic E-state index is 10.2. The van der Waals surface area contributed by atoms with E-state index in [1.54, 1.807) is 7.05 Å². The van der Waals surface area contributed by atoms with E-state index in [2.05, 4.69) is 27.4 Å². The molecule has 0 radical (unpaired) electrons. The van der Waals surface area contributed by atoms with Crippen molar-refractivity contribution in [1.82, 2.24) is 15.5 Å². The molecule has 2 fully saturated rings. The van der Waals surface area contributed by atoms with Crippen LogP contribution >= 0.6 is 46.9 Å². The molecule has 3 unspecified atom stereocenters. The number of aliphatic imine (C=N–C) groups is 1. The van der Waals surface area contributed by atoms with Gasteiger partial charge >= 0.3 is 0 Å². The van der Waals surface area contributed by atoms with E-state index in [1.807, 2.05) is 12.1 Å². The van der Waals surface area contributed by atoms with Crippen LogP contribution in [0.4, 0.5) is 0 Å². The van der Waals surface area contributed by atoms with Gasteiger partial charge in [0.25, 0.3) is 0 Å². The standard InChI is InChI=1S/C16H25ClN4OS.HI/c1-10-8-21(11-3-4-11)9-12(10)20-16(18-2)19-7-13(22)14-5-6-15(17)23-14;/h5-6,10-13,22H,3-4,7-9H2,1-2H3,(H2,18,19,20);1H. The Labute approximate surface area is 169 Å². The van der Waals surface area contributed by atoms with E-state index in [0.29, 0.717) is 22.8 Å². The summed E-state index contributed by atoms with van der Waals surface area (Å²) >= 11 is 7.32. The number of likely N-dealkylation sites (tertiary alicyclic amines) is 1. The first kappa shape index (κ1) is 20.2. The molecule has 1 aromatic rings. The van der Waals surface area contributed by atoms with Gasteiger partial charge in [-0.3, -0.25) is 9.89 Å². The Morgan fingerprint density at radius 2 is 2.21 bits per heavy atom. The van der Waals surface area contributed by atoms with Gasteiger partial charge in [0.2, 0.25) is 0 Å². The number of hydrogen-bond acceptors (Lipinski definition) is 4. The van der Waals surface area contributed by atoms with Crippen LogP contribution in [0.25, 0.3) is 0 Å². The van der Waals surface area contributed by atoms with E-state index in [0.717, 1.165) is 30.0 Å². The zero-order valence-corrected chi connectivity index (χ0v) is 17.9. The van der Waals surface area contributed by atoms with Crippen molar-refractivity contribution in [3.05, 3.63) is 21.3 Å². The molecule has 0 amide bonds. The van der Waals surface area contributed by atoms with Gasteiger partial charge < -0.3 is 15.7 Å². The molecule has 3 rings (SSSR count). The van der Waals surface area contributed by atoms with Crippen molar-refractivity contribution in [3.63, 3.8) is 0 Å². The molecule has 1 aromatic heterocycles. The van der Waals surface area contributed by atoms with Crippen LogP contribution in [0.1, 0.15) is 30.7 Å². The number of thiophene rings is 1. The van der Waals surface area contributed by atoms with Crippen LogP contribution in [-0.2, 0) is 0 Å². The Hall–Kier alpha value is -0.0900. The minimum absolute atomic E-state index is 0. The molecule has 1 aliphatic carbocycles. The second-order valence-corrected chi connectivity index (χ2v) is 8.27. The lowest BCUT2D eigenvalue weighted by Crippen LogP contribution is -2.47. The molecule has 2 heterocycles. The van der Waals surface area contributed by atoms with Gasteiger partial charge in [-0.1, -0.05) is 18.5 Å². The monoisotopic (exact) mass is 484 g/mol. The third-order valence-electron chi connectivity index (χ3n) is 4.63. The van der Waals surface area contributed by atoms with Gasteiger partial charge in [0.05, 0.1) is 4.34 Å². The number of aliphatic hydroxyl groups excluding tert-OH is 1. The maximum atomic E-state index is 10.2. The Morgan fingerprint density at radius 3 is 2.79 bits per heavy atom. The fraction of sp³-hybridized carbons (Fsp3) is 0.688. The van der Waals surface area contributed by atoms with Gasteiger partial charge in [0, 0.05) is 43.6 Å². The summed E-state index contributed by atoms with van der Waals surface area (Å²) in [7, 11) is 1.77. The van der Waals surface area contributed by atoms with Gasteiger partial charge in [-0.15, -0.1) is 35.3 Å². The van der Waals surface area contributed by atoms with E-state index < -0.39 is 6.10 Å². The number of guanidine groups is 1. The normalized spacial score (nSPS) is 26.1. The Morgan fingerprint density at radius 1 is 1.46 bits per heavy atom. The number of aliphatic hydroxyl groups is 1. The zero-order valence-electron chi connectivity index (χ0n) is 14.0. The largest absolute Gasteiger partial charge is 0.386 e. The highest BCUT2D eigenvalue weighted by Gasteiger charge is 2.38. The molecule has 0 spiro atoms. The smallest absolute Gasteiger partial charge is 0.191 e. The third-order valence-corrected chi connectivity index (χ3v) is 5.97. The highest BCUT2D eigenvalue weighted by Crippen LogP contribution is 2.31. The number of hydrogen-bond donors (Lipinski definition) is 3. The number of nitrogens with one attached hydrogen (secondary N) is 2. The van der Waals surface area contributed by atoms with E-state index in [4.69, 9.17) is 11.6 Å². The summed E-state index contributed by atoms with van der Waals surface area (Å²) in [6.45, 7) is 4.95. The van der Waals surface area contributed by atoms with E-state index in [-0.39, 0.29) is 24.0 Å². The summed E-state index contributed by atoms with van der Waals surface area (Å²) in [4.78, 5) is 7.73. The molecule has 1 saturated heterocycles. The third kappa shape index (κ3) is 5.20. The lowest BCUT2D eigenvalue weighted by molar-refractivity contribution is 0.184. The lowest BCUT2D eigenvalue weighted by Gasteiger charge is -2.21. The molecular formula is C16H26ClIN4OS. The summed E-state index contributed by atoms with van der Waals surface area (Å²) in [5.74, 6) is 1.36. The van der Waals surface area contributed by atoms with Crippen LogP contribution in [0.15, 0.2) is 17.1 Å².